The molecule has 2 N–H and O–H groups in total. The molecular formula is C14H12N2OS2. The number of rotatable bonds is 2. The lowest BCUT2D eigenvalue weighted by atomic mass is 10.1. The molecule has 0 atom stereocenters. The third kappa shape index (κ3) is 1.73. The van der Waals surface area contributed by atoms with Gasteiger partial charge in [0.15, 0.2) is 11.6 Å². The Hall–Kier alpha value is -1.59. The number of hydrogen-bond acceptors (Lipinski definition) is 5. The van der Waals surface area contributed by atoms with Crippen LogP contribution in [0.1, 0.15) is 16.9 Å². The Balaban J connectivity index is 1.87. The molecule has 5 heteroatoms. The molecule has 1 aliphatic rings. The summed E-state index contributed by atoms with van der Waals surface area (Å²) < 4.78 is 5.48. The van der Waals surface area contributed by atoms with Crippen molar-refractivity contribution in [2.24, 2.45) is 0 Å². The van der Waals surface area contributed by atoms with E-state index in [-0.39, 0.29) is 0 Å². The highest BCUT2D eigenvalue weighted by molar-refractivity contribution is 7.16. The summed E-state index contributed by atoms with van der Waals surface area (Å²) in [5, 5.41) is 5.99. The van der Waals surface area contributed by atoms with E-state index in [1.807, 2.05) is 22.8 Å². The lowest BCUT2D eigenvalue weighted by Crippen LogP contribution is -1.86. The van der Waals surface area contributed by atoms with Crippen molar-refractivity contribution in [2.45, 2.75) is 19.3 Å². The van der Waals surface area contributed by atoms with Crippen LogP contribution >= 0.6 is 22.7 Å². The van der Waals surface area contributed by atoms with E-state index in [0.29, 0.717) is 5.82 Å². The van der Waals surface area contributed by atoms with Crippen LogP contribution in [0.4, 0.5) is 5.82 Å². The fourth-order valence-electron chi connectivity index (χ4n) is 2.57. The van der Waals surface area contributed by atoms with Gasteiger partial charge in [0.25, 0.3) is 0 Å². The van der Waals surface area contributed by atoms with Crippen LogP contribution in [0.5, 0.6) is 0 Å². The summed E-state index contributed by atoms with van der Waals surface area (Å²) in [6.07, 6.45) is 3.65. The van der Waals surface area contributed by atoms with Crippen molar-refractivity contribution in [3.63, 3.8) is 0 Å². The third-order valence-corrected chi connectivity index (χ3v) is 5.58. The van der Waals surface area contributed by atoms with Gasteiger partial charge < -0.3 is 10.3 Å². The zero-order valence-corrected chi connectivity index (χ0v) is 11.8. The highest BCUT2D eigenvalue weighted by Gasteiger charge is 2.23. The zero-order chi connectivity index (χ0) is 12.8. The number of thiophene rings is 2. The lowest BCUT2D eigenvalue weighted by molar-refractivity contribution is 0.437. The average molecular weight is 288 g/mol. The van der Waals surface area contributed by atoms with Crippen LogP contribution in [0.2, 0.25) is 0 Å². The molecule has 96 valence electrons. The molecule has 0 saturated carbocycles. The molecule has 4 rings (SSSR count). The number of fused-ring (bicyclic) bond motifs is 1. The van der Waals surface area contributed by atoms with E-state index in [1.54, 1.807) is 11.3 Å². The van der Waals surface area contributed by atoms with E-state index in [4.69, 9.17) is 10.3 Å². The van der Waals surface area contributed by atoms with Crippen molar-refractivity contribution < 1.29 is 4.52 Å². The molecule has 1 aliphatic carbocycles. The largest absolute Gasteiger partial charge is 0.380 e. The van der Waals surface area contributed by atoms with Crippen molar-refractivity contribution in [3.8, 4) is 21.1 Å². The lowest BCUT2D eigenvalue weighted by Gasteiger charge is -1.97. The second-order valence-corrected chi connectivity index (χ2v) is 6.75. The Morgan fingerprint density at radius 2 is 2.21 bits per heavy atom. The van der Waals surface area contributed by atoms with Gasteiger partial charge in [-0.25, -0.2) is 0 Å². The van der Waals surface area contributed by atoms with E-state index in [1.165, 1.54) is 29.7 Å². The minimum absolute atomic E-state index is 0.478. The summed E-state index contributed by atoms with van der Waals surface area (Å²) in [5.41, 5.74) is 8.37. The van der Waals surface area contributed by atoms with Crippen LogP contribution in [0, 0.1) is 0 Å². The monoisotopic (exact) mass is 288 g/mol. The van der Waals surface area contributed by atoms with Crippen molar-refractivity contribution in [1.29, 1.82) is 0 Å². The molecular weight excluding hydrogens is 276 g/mol. The Bertz CT molecular complexity index is 703. The smallest absolute Gasteiger partial charge is 0.187 e. The quantitative estimate of drug-likeness (QED) is 0.768. The molecule has 0 radical (unpaired) electrons. The Morgan fingerprint density at radius 3 is 3.00 bits per heavy atom. The van der Waals surface area contributed by atoms with Gasteiger partial charge in [0, 0.05) is 9.75 Å². The van der Waals surface area contributed by atoms with Crippen molar-refractivity contribution in [1.82, 2.24) is 5.16 Å². The maximum absolute atomic E-state index is 5.97. The minimum atomic E-state index is 0.478. The molecule has 19 heavy (non-hydrogen) atoms. The van der Waals surface area contributed by atoms with E-state index in [9.17, 15) is 0 Å². The van der Waals surface area contributed by atoms with Gasteiger partial charge >= 0.3 is 0 Å². The van der Waals surface area contributed by atoms with Gasteiger partial charge in [-0.1, -0.05) is 11.2 Å². The highest BCUT2D eigenvalue weighted by Crippen LogP contribution is 2.43. The van der Waals surface area contributed by atoms with Crippen molar-refractivity contribution in [2.75, 3.05) is 5.73 Å². The van der Waals surface area contributed by atoms with Crippen LogP contribution in [-0.2, 0) is 12.8 Å². The number of aromatic nitrogens is 1. The molecule has 0 saturated heterocycles. The zero-order valence-electron chi connectivity index (χ0n) is 10.2. The van der Waals surface area contributed by atoms with Crippen molar-refractivity contribution >= 4 is 28.5 Å². The molecule has 3 aromatic rings. The first-order valence-electron chi connectivity index (χ1n) is 6.24. The third-order valence-electron chi connectivity index (χ3n) is 3.46. The summed E-state index contributed by atoms with van der Waals surface area (Å²) in [7, 11) is 0. The molecule has 3 nitrogen and oxygen atoms in total. The molecule has 3 heterocycles. The number of hydrogen-bond donors (Lipinski definition) is 1. The molecule has 0 unspecified atom stereocenters. The normalized spacial score (nSPS) is 13.9. The minimum Gasteiger partial charge on any atom is -0.380 e. The van der Waals surface area contributed by atoms with Crippen LogP contribution in [0.15, 0.2) is 28.1 Å². The van der Waals surface area contributed by atoms with Gasteiger partial charge in [0.05, 0.1) is 10.4 Å². The molecule has 3 aromatic heterocycles. The second kappa shape index (κ2) is 4.21. The number of nitrogens with zero attached hydrogens (tertiary/aromatic N) is 1. The summed E-state index contributed by atoms with van der Waals surface area (Å²) in [6.45, 7) is 0. The topological polar surface area (TPSA) is 52.0 Å². The maximum atomic E-state index is 5.97. The Morgan fingerprint density at radius 1 is 1.26 bits per heavy atom. The summed E-state index contributed by atoms with van der Waals surface area (Å²) >= 11 is 3.47. The van der Waals surface area contributed by atoms with E-state index < -0.39 is 0 Å². The van der Waals surface area contributed by atoms with Crippen molar-refractivity contribution in [3.05, 3.63) is 34.0 Å². The first kappa shape index (κ1) is 11.3. The first-order valence-corrected chi connectivity index (χ1v) is 7.93. The fourth-order valence-corrected chi connectivity index (χ4v) is 4.58. The number of anilines is 1. The van der Waals surface area contributed by atoms with Gasteiger partial charge in [0.2, 0.25) is 0 Å². The number of nitrogen functional groups attached to an aromatic ring is 1. The highest BCUT2D eigenvalue weighted by atomic mass is 32.1. The SMILES string of the molecule is Nc1noc(-c2cc3c(s2)CCC3)c1-c1cccs1. The predicted molar refractivity (Wildman–Crippen MR) is 79.6 cm³/mol. The van der Waals surface area contributed by atoms with E-state index >= 15 is 0 Å². The molecule has 0 spiro atoms. The molecule has 0 bridgehead atoms. The Kier molecular flexibility index (Phi) is 2.50. The predicted octanol–water partition coefficient (Wildman–Crippen LogP) is 4.20. The second-order valence-electron chi connectivity index (χ2n) is 4.66. The number of nitrogens with two attached hydrogens (primary N) is 1. The maximum Gasteiger partial charge on any atom is 0.187 e. The van der Waals surface area contributed by atoms with Gasteiger partial charge in [-0.05, 0) is 42.3 Å². The summed E-state index contributed by atoms with van der Waals surface area (Å²) in [5.74, 6) is 1.30. The van der Waals surface area contributed by atoms with Crippen LogP contribution in [0.3, 0.4) is 0 Å². The van der Waals surface area contributed by atoms with Crippen LogP contribution in [0.25, 0.3) is 21.1 Å². The first-order chi connectivity index (χ1) is 9.33. The fraction of sp³-hybridized carbons (Fsp3) is 0.214. The van der Waals surface area contributed by atoms with E-state index in [2.05, 4.69) is 17.3 Å². The Labute approximate surface area is 118 Å². The van der Waals surface area contributed by atoms with Gasteiger partial charge in [-0.2, -0.15) is 0 Å². The molecule has 0 amide bonds. The summed E-state index contributed by atoms with van der Waals surface area (Å²) in [4.78, 5) is 3.75. The molecule has 0 aliphatic heterocycles. The van der Waals surface area contributed by atoms with E-state index in [0.717, 1.165) is 21.1 Å². The van der Waals surface area contributed by atoms with Crippen LogP contribution < -0.4 is 5.73 Å². The summed E-state index contributed by atoms with van der Waals surface area (Å²) in [6, 6.07) is 6.31. The molecule has 0 aromatic carbocycles. The van der Waals surface area contributed by atoms with Gasteiger partial charge in [-0.15, -0.1) is 22.7 Å². The molecule has 0 fully saturated rings. The average Bonchev–Trinajstić information content (AvgIpc) is 3.10. The van der Waals surface area contributed by atoms with Crippen LogP contribution in [-0.4, -0.2) is 5.16 Å². The van der Waals surface area contributed by atoms with Gasteiger partial charge in [0.1, 0.15) is 0 Å². The number of aryl methyl sites for hydroxylation is 2. The standard InChI is InChI=1S/C14H12N2OS2/c15-14-12(10-5-2-6-18-10)13(17-16-14)11-7-8-3-1-4-9(8)19-11/h2,5-7H,1,3-4H2,(H2,15,16). The van der Waals surface area contributed by atoms with Gasteiger partial charge in [-0.3, -0.25) is 0 Å².